The Labute approximate surface area is 119 Å². The number of hydrogen-bond donors (Lipinski definition) is 3. The van der Waals surface area contributed by atoms with Crippen LogP contribution in [0.25, 0.3) is 0 Å². The lowest BCUT2D eigenvalue weighted by molar-refractivity contribution is -0.142. The van der Waals surface area contributed by atoms with E-state index in [1.807, 2.05) is 0 Å². The summed E-state index contributed by atoms with van der Waals surface area (Å²) in [5, 5.41) is 14.1. The third-order valence-electron chi connectivity index (χ3n) is 3.65. The zero-order valence-corrected chi connectivity index (χ0v) is 12.1. The van der Waals surface area contributed by atoms with Gasteiger partial charge in [-0.25, -0.2) is 4.79 Å². The Bertz CT molecular complexity index is 364. The number of carboxylic acids is 1. The highest BCUT2D eigenvalue weighted by Gasteiger charge is 2.25. The molecule has 0 bridgehead atoms. The zero-order chi connectivity index (χ0) is 15.1. The zero-order valence-electron chi connectivity index (χ0n) is 12.1. The van der Waals surface area contributed by atoms with Crippen LogP contribution >= 0.6 is 0 Å². The second-order valence-corrected chi connectivity index (χ2v) is 5.46. The number of carbonyl (C=O) groups excluding carboxylic acids is 2. The van der Waals surface area contributed by atoms with E-state index in [0.717, 1.165) is 25.7 Å². The first-order valence-electron chi connectivity index (χ1n) is 7.26. The minimum atomic E-state index is -1.04. The predicted molar refractivity (Wildman–Crippen MR) is 74.0 cm³/mol. The summed E-state index contributed by atoms with van der Waals surface area (Å²) in [5.41, 5.74) is 0. The minimum Gasteiger partial charge on any atom is -0.480 e. The molecule has 2 amide bonds. The van der Waals surface area contributed by atoms with Gasteiger partial charge in [-0.1, -0.05) is 19.8 Å². The molecule has 1 rings (SSSR count). The quantitative estimate of drug-likeness (QED) is 0.651. The van der Waals surface area contributed by atoms with Crippen molar-refractivity contribution in [1.29, 1.82) is 0 Å². The predicted octanol–water partition coefficient (Wildman–Crippen LogP) is 1.05. The molecule has 0 aliphatic heterocycles. The number of carboxylic acid groups (broad SMARTS) is 1. The molecule has 20 heavy (non-hydrogen) atoms. The van der Waals surface area contributed by atoms with Crippen LogP contribution in [-0.2, 0) is 14.4 Å². The van der Waals surface area contributed by atoms with E-state index in [0.29, 0.717) is 6.42 Å². The molecule has 0 radical (unpaired) electrons. The standard InChI is InChI=1S/C14H24N2O4/c1-3-11(14(19)20)16-12(17)8-9(2)15-13(18)10-6-4-5-7-10/h9-11H,3-8H2,1-2H3,(H,15,18)(H,16,17)(H,19,20). The largest absolute Gasteiger partial charge is 0.480 e. The van der Waals surface area contributed by atoms with Gasteiger partial charge in [0.2, 0.25) is 11.8 Å². The van der Waals surface area contributed by atoms with Gasteiger partial charge >= 0.3 is 5.97 Å². The first-order valence-corrected chi connectivity index (χ1v) is 7.26. The number of rotatable bonds is 7. The lowest BCUT2D eigenvalue weighted by Gasteiger charge is -2.18. The fourth-order valence-corrected chi connectivity index (χ4v) is 2.47. The molecule has 0 spiro atoms. The molecule has 1 aliphatic rings. The van der Waals surface area contributed by atoms with Crippen molar-refractivity contribution < 1.29 is 19.5 Å². The van der Waals surface area contributed by atoms with Gasteiger partial charge in [0.25, 0.3) is 0 Å². The number of carbonyl (C=O) groups is 3. The smallest absolute Gasteiger partial charge is 0.326 e. The van der Waals surface area contributed by atoms with Gasteiger partial charge in [0.15, 0.2) is 0 Å². The van der Waals surface area contributed by atoms with Gasteiger partial charge in [-0.2, -0.15) is 0 Å². The Morgan fingerprint density at radius 3 is 2.30 bits per heavy atom. The van der Waals surface area contributed by atoms with Gasteiger partial charge in [-0.05, 0) is 26.2 Å². The highest BCUT2D eigenvalue weighted by molar-refractivity contribution is 5.84. The summed E-state index contributed by atoms with van der Waals surface area (Å²) in [5.74, 6) is -1.31. The summed E-state index contributed by atoms with van der Waals surface area (Å²) in [7, 11) is 0. The topological polar surface area (TPSA) is 95.5 Å². The summed E-state index contributed by atoms with van der Waals surface area (Å²) in [6, 6.07) is -1.14. The Hall–Kier alpha value is -1.59. The summed E-state index contributed by atoms with van der Waals surface area (Å²) in [4.78, 5) is 34.4. The molecule has 1 saturated carbocycles. The molecule has 114 valence electrons. The minimum absolute atomic E-state index is 0.00748. The fraction of sp³-hybridized carbons (Fsp3) is 0.786. The molecule has 0 heterocycles. The summed E-state index contributed by atoms with van der Waals surface area (Å²) < 4.78 is 0. The highest BCUT2D eigenvalue weighted by atomic mass is 16.4. The normalized spacial score (nSPS) is 18.3. The lowest BCUT2D eigenvalue weighted by atomic mass is 10.1. The van der Waals surface area contributed by atoms with Crippen LogP contribution < -0.4 is 10.6 Å². The second kappa shape index (κ2) is 7.87. The summed E-state index contributed by atoms with van der Waals surface area (Å²) in [6.07, 6.45) is 4.45. The average Bonchev–Trinajstić information content (AvgIpc) is 2.89. The molecule has 1 fully saturated rings. The van der Waals surface area contributed by atoms with Crippen molar-refractivity contribution in [1.82, 2.24) is 10.6 Å². The van der Waals surface area contributed by atoms with Crippen molar-refractivity contribution in [3.8, 4) is 0 Å². The molecule has 1 aliphatic carbocycles. The van der Waals surface area contributed by atoms with Crippen molar-refractivity contribution in [2.24, 2.45) is 5.92 Å². The monoisotopic (exact) mass is 284 g/mol. The average molecular weight is 284 g/mol. The number of nitrogens with one attached hydrogen (secondary N) is 2. The SMILES string of the molecule is CCC(NC(=O)CC(C)NC(=O)C1CCCC1)C(=O)O. The van der Waals surface area contributed by atoms with Crippen molar-refractivity contribution in [3.05, 3.63) is 0 Å². The van der Waals surface area contributed by atoms with Crippen LogP contribution in [0.3, 0.4) is 0 Å². The second-order valence-electron chi connectivity index (χ2n) is 5.46. The van der Waals surface area contributed by atoms with E-state index in [9.17, 15) is 14.4 Å². The van der Waals surface area contributed by atoms with Crippen LogP contribution in [0.15, 0.2) is 0 Å². The van der Waals surface area contributed by atoms with Gasteiger partial charge in [0.05, 0.1) is 0 Å². The van der Waals surface area contributed by atoms with Gasteiger partial charge in [0, 0.05) is 18.4 Å². The Balaban J connectivity index is 2.33. The molecule has 0 saturated heterocycles. The van der Waals surface area contributed by atoms with Gasteiger partial charge in [0.1, 0.15) is 6.04 Å². The molecular weight excluding hydrogens is 260 g/mol. The molecule has 3 N–H and O–H groups in total. The van der Waals surface area contributed by atoms with Crippen LogP contribution in [0.4, 0.5) is 0 Å². The van der Waals surface area contributed by atoms with Crippen LogP contribution in [0.1, 0.15) is 52.4 Å². The first-order chi connectivity index (χ1) is 9.43. The van der Waals surface area contributed by atoms with Crippen molar-refractivity contribution in [2.45, 2.75) is 64.5 Å². The molecule has 6 heteroatoms. The Morgan fingerprint density at radius 1 is 1.20 bits per heavy atom. The van der Waals surface area contributed by atoms with E-state index in [1.165, 1.54) is 0 Å². The first kappa shape index (κ1) is 16.5. The third-order valence-corrected chi connectivity index (χ3v) is 3.65. The van der Waals surface area contributed by atoms with E-state index in [2.05, 4.69) is 10.6 Å². The van der Waals surface area contributed by atoms with Crippen LogP contribution in [0.5, 0.6) is 0 Å². The van der Waals surface area contributed by atoms with Crippen LogP contribution in [0, 0.1) is 5.92 Å². The van der Waals surface area contributed by atoms with E-state index < -0.39 is 12.0 Å². The lowest BCUT2D eigenvalue weighted by Crippen LogP contribution is -2.44. The van der Waals surface area contributed by atoms with Crippen molar-refractivity contribution in [2.75, 3.05) is 0 Å². The van der Waals surface area contributed by atoms with E-state index >= 15 is 0 Å². The number of hydrogen-bond acceptors (Lipinski definition) is 3. The number of amides is 2. The maximum Gasteiger partial charge on any atom is 0.326 e. The Kier molecular flexibility index (Phi) is 6.48. The van der Waals surface area contributed by atoms with E-state index in [-0.39, 0.29) is 30.2 Å². The molecule has 0 aromatic rings. The Morgan fingerprint density at radius 2 is 1.80 bits per heavy atom. The molecule has 2 atom stereocenters. The molecule has 2 unspecified atom stereocenters. The van der Waals surface area contributed by atoms with Crippen LogP contribution in [-0.4, -0.2) is 35.0 Å². The van der Waals surface area contributed by atoms with Crippen molar-refractivity contribution >= 4 is 17.8 Å². The van der Waals surface area contributed by atoms with Gasteiger partial charge in [-0.3, -0.25) is 9.59 Å². The van der Waals surface area contributed by atoms with E-state index in [4.69, 9.17) is 5.11 Å². The highest BCUT2D eigenvalue weighted by Crippen LogP contribution is 2.24. The summed E-state index contributed by atoms with van der Waals surface area (Å²) >= 11 is 0. The summed E-state index contributed by atoms with van der Waals surface area (Å²) in [6.45, 7) is 3.46. The maximum absolute atomic E-state index is 11.9. The molecule has 6 nitrogen and oxygen atoms in total. The number of aliphatic carboxylic acids is 1. The third kappa shape index (κ3) is 5.19. The van der Waals surface area contributed by atoms with Gasteiger partial charge < -0.3 is 15.7 Å². The maximum atomic E-state index is 11.9. The fourth-order valence-electron chi connectivity index (χ4n) is 2.47. The van der Waals surface area contributed by atoms with E-state index in [1.54, 1.807) is 13.8 Å². The van der Waals surface area contributed by atoms with Gasteiger partial charge in [-0.15, -0.1) is 0 Å². The molecule has 0 aromatic carbocycles. The van der Waals surface area contributed by atoms with Crippen molar-refractivity contribution in [3.63, 3.8) is 0 Å². The molecule has 0 aromatic heterocycles. The van der Waals surface area contributed by atoms with Crippen LogP contribution in [0.2, 0.25) is 0 Å². The molecular formula is C14H24N2O4.